The summed E-state index contributed by atoms with van der Waals surface area (Å²) in [5, 5.41) is 8.29. The lowest BCUT2D eigenvalue weighted by Gasteiger charge is -2.36. The second-order valence-electron chi connectivity index (χ2n) is 12.1. The van der Waals surface area contributed by atoms with Crippen molar-refractivity contribution in [3.05, 3.63) is 60.0 Å². The molecule has 4 aromatic heterocycles. The molecule has 1 aromatic carbocycles. The first-order chi connectivity index (χ1) is 22.2. The summed E-state index contributed by atoms with van der Waals surface area (Å²) < 4.78 is 89.6. The van der Waals surface area contributed by atoms with Crippen LogP contribution in [0.2, 0.25) is 0 Å². The molecule has 0 N–H and O–H groups in total. The standard InChI is InChI=1S/C32H34F2N6O3S/c1-19-28(39(2)38-37-19)23-15-24-27(35-16-23)26-30(25(44(3,41)42)17-36-31(26)43-18-20-9-10-20)40(24)29(21-7-5-4-6-8-21)22-11-13-32(33,34)14-12-22/h4-8,15-17,20,22,29H,9-14,18H2,1-3H3/t29-/m1/s1/i1D3. The van der Waals surface area contributed by atoms with E-state index >= 15 is 0 Å². The molecule has 12 heteroatoms. The Morgan fingerprint density at radius 2 is 1.86 bits per heavy atom. The van der Waals surface area contributed by atoms with Gasteiger partial charge in [0.2, 0.25) is 11.8 Å². The van der Waals surface area contributed by atoms with Crippen LogP contribution in [0.25, 0.3) is 33.2 Å². The zero-order valence-corrected chi connectivity index (χ0v) is 25.2. The Bertz CT molecular complexity index is 2090. The summed E-state index contributed by atoms with van der Waals surface area (Å²) in [6.07, 6.45) is 5.81. The average Bonchev–Trinajstić information content (AvgIpc) is 3.67. The number of aromatic nitrogens is 6. The maximum atomic E-state index is 14.5. The van der Waals surface area contributed by atoms with Crippen molar-refractivity contribution in [2.24, 2.45) is 18.9 Å². The molecule has 9 nitrogen and oxygen atoms in total. The van der Waals surface area contributed by atoms with Gasteiger partial charge in [-0.25, -0.2) is 26.9 Å². The van der Waals surface area contributed by atoms with E-state index in [4.69, 9.17) is 13.8 Å². The largest absolute Gasteiger partial charge is 0.477 e. The van der Waals surface area contributed by atoms with E-state index in [-0.39, 0.29) is 53.8 Å². The Morgan fingerprint density at radius 3 is 2.55 bits per heavy atom. The molecule has 2 aliphatic carbocycles. The fourth-order valence-corrected chi connectivity index (χ4v) is 7.29. The van der Waals surface area contributed by atoms with Crippen molar-refractivity contribution in [3.8, 4) is 17.1 Å². The summed E-state index contributed by atoms with van der Waals surface area (Å²) in [7, 11) is -2.29. The number of hydrogen-bond donors (Lipinski definition) is 0. The van der Waals surface area contributed by atoms with Crippen LogP contribution in [0.3, 0.4) is 0 Å². The minimum atomic E-state index is -3.87. The second-order valence-corrected chi connectivity index (χ2v) is 14.1. The third-order valence-corrected chi connectivity index (χ3v) is 9.97. The van der Waals surface area contributed by atoms with E-state index in [0.29, 0.717) is 40.0 Å². The van der Waals surface area contributed by atoms with E-state index in [0.717, 1.165) is 24.7 Å². The number of nitrogens with zero attached hydrogens (tertiary/aromatic N) is 6. The number of benzene rings is 1. The Balaban J connectivity index is 1.58. The molecular weight excluding hydrogens is 586 g/mol. The van der Waals surface area contributed by atoms with Gasteiger partial charge >= 0.3 is 0 Å². The van der Waals surface area contributed by atoms with Crippen molar-refractivity contribution in [2.45, 2.75) is 62.2 Å². The van der Waals surface area contributed by atoms with Gasteiger partial charge in [0.15, 0.2) is 9.84 Å². The average molecular weight is 624 g/mol. The van der Waals surface area contributed by atoms with Crippen LogP contribution in [0.4, 0.5) is 8.78 Å². The molecule has 2 fully saturated rings. The highest BCUT2D eigenvalue weighted by Gasteiger charge is 2.40. The first-order valence-corrected chi connectivity index (χ1v) is 16.6. The number of ether oxygens (including phenoxy) is 1. The number of sulfone groups is 1. The van der Waals surface area contributed by atoms with Crippen LogP contribution in [0.5, 0.6) is 5.88 Å². The lowest BCUT2D eigenvalue weighted by atomic mass is 9.79. The number of aryl methyl sites for hydroxylation is 2. The van der Waals surface area contributed by atoms with Gasteiger partial charge in [-0.05, 0) is 56.0 Å². The van der Waals surface area contributed by atoms with E-state index in [2.05, 4.69) is 15.3 Å². The van der Waals surface area contributed by atoms with Gasteiger partial charge in [-0.2, -0.15) is 0 Å². The van der Waals surface area contributed by atoms with Gasteiger partial charge in [-0.15, -0.1) is 5.10 Å². The SMILES string of the molecule is [2H]C([2H])([2H])c1nnn(C)c1-c1cnc2c3c(OCC4CC4)ncc(S(C)(=O)=O)c3n([C@H](c3ccccc3)C3CCC(F)(F)CC3)c2c1. The quantitative estimate of drug-likeness (QED) is 0.200. The predicted octanol–water partition coefficient (Wildman–Crippen LogP) is 6.30. The third kappa shape index (κ3) is 5.12. The van der Waals surface area contributed by atoms with E-state index in [1.54, 1.807) is 13.1 Å². The highest BCUT2D eigenvalue weighted by atomic mass is 32.2. The maximum absolute atomic E-state index is 14.5. The summed E-state index contributed by atoms with van der Waals surface area (Å²) in [5.74, 6) is -2.45. The molecule has 44 heavy (non-hydrogen) atoms. The van der Waals surface area contributed by atoms with Crippen molar-refractivity contribution in [3.63, 3.8) is 0 Å². The van der Waals surface area contributed by atoms with E-state index in [1.807, 2.05) is 34.9 Å². The first kappa shape index (κ1) is 25.4. The Morgan fingerprint density at radius 1 is 1.11 bits per heavy atom. The zero-order chi connectivity index (χ0) is 33.3. The molecule has 7 rings (SSSR count). The molecule has 2 aliphatic rings. The van der Waals surface area contributed by atoms with Crippen LogP contribution >= 0.6 is 0 Å². The topological polar surface area (TPSA) is 105 Å². The van der Waals surface area contributed by atoms with Gasteiger partial charge in [-0.3, -0.25) is 4.98 Å². The Labute approximate surface area is 258 Å². The lowest BCUT2D eigenvalue weighted by molar-refractivity contribution is -0.0493. The first-order valence-electron chi connectivity index (χ1n) is 16.2. The zero-order valence-electron chi connectivity index (χ0n) is 27.4. The molecule has 5 aromatic rings. The van der Waals surface area contributed by atoms with Gasteiger partial charge < -0.3 is 9.30 Å². The smallest absolute Gasteiger partial charge is 0.248 e. The van der Waals surface area contributed by atoms with E-state index in [1.165, 1.54) is 17.1 Å². The van der Waals surface area contributed by atoms with E-state index < -0.39 is 28.7 Å². The van der Waals surface area contributed by atoms with Gasteiger partial charge in [0.05, 0.1) is 46.7 Å². The number of alkyl halides is 2. The van der Waals surface area contributed by atoms with Crippen molar-refractivity contribution in [2.75, 3.05) is 12.9 Å². The molecule has 0 bridgehead atoms. The van der Waals surface area contributed by atoms with Crippen molar-refractivity contribution in [1.82, 2.24) is 29.5 Å². The minimum absolute atomic E-state index is 0.0433. The van der Waals surface area contributed by atoms with Gasteiger partial charge in [0, 0.05) is 42.0 Å². The minimum Gasteiger partial charge on any atom is -0.477 e. The monoisotopic (exact) mass is 623 g/mol. The van der Waals surface area contributed by atoms with Crippen LogP contribution in [-0.2, 0) is 16.9 Å². The number of halogens is 2. The summed E-state index contributed by atoms with van der Waals surface area (Å²) in [6, 6.07) is 10.6. The summed E-state index contributed by atoms with van der Waals surface area (Å²) in [6.45, 7) is -2.16. The van der Waals surface area contributed by atoms with Crippen molar-refractivity contribution in [1.29, 1.82) is 0 Å². The Hall–Kier alpha value is -3.93. The number of rotatable bonds is 8. The third-order valence-electron chi connectivity index (χ3n) is 8.87. The summed E-state index contributed by atoms with van der Waals surface area (Å²) in [4.78, 5) is 9.25. The fraction of sp³-hybridized carbons (Fsp3) is 0.438. The molecule has 0 radical (unpaired) electrons. The molecular formula is C32H34F2N6O3S. The van der Waals surface area contributed by atoms with Crippen molar-refractivity contribution < 1.29 is 26.0 Å². The Kier molecular flexibility index (Phi) is 6.12. The van der Waals surface area contributed by atoms with Gasteiger partial charge in [0.25, 0.3) is 0 Å². The molecule has 0 spiro atoms. The molecule has 1 atom stereocenters. The fourth-order valence-electron chi connectivity index (χ4n) is 6.49. The second kappa shape index (κ2) is 10.6. The highest BCUT2D eigenvalue weighted by Crippen LogP contribution is 2.48. The molecule has 0 aliphatic heterocycles. The molecule has 4 heterocycles. The lowest BCUT2D eigenvalue weighted by Crippen LogP contribution is -2.30. The molecule has 0 amide bonds. The normalized spacial score (nSPS) is 19.5. The number of hydrogen-bond acceptors (Lipinski definition) is 7. The highest BCUT2D eigenvalue weighted by molar-refractivity contribution is 7.91. The van der Waals surface area contributed by atoms with Gasteiger partial charge in [0.1, 0.15) is 10.4 Å². The molecule has 0 saturated heterocycles. The van der Waals surface area contributed by atoms with Crippen LogP contribution < -0.4 is 4.74 Å². The summed E-state index contributed by atoms with van der Waals surface area (Å²) in [5.41, 5.74) is 2.45. The van der Waals surface area contributed by atoms with Crippen LogP contribution in [-0.4, -0.2) is 56.7 Å². The van der Waals surface area contributed by atoms with Crippen LogP contribution in [0, 0.1) is 18.7 Å². The number of fused-ring (bicyclic) bond motifs is 3. The predicted molar refractivity (Wildman–Crippen MR) is 163 cm³/mol. The maximum Gasteiger partial charge on any atom is 0.248 e. The van der Waals surface area contributed by atoms with E-state index in [9.17, 15) is 17.2 Å². The summed E-state index contributed by atoms with van der Waals surface area (Å²) >= 11 is 0. The number of pyridine rings is 2. The van der Waals surface area contributed by atoms with Crippen LogP contribution in [0.15, 0.2) is 53.7 Å². The molecule has 0 unspecified atom stereocenters. The molecule has 2 saturated carbocycles. The van der Waals surface area contributed by atoms with Gasteiger partial charge in [-0.1, -0.05) is 35.5 Å². The van der Waals surface area contributed by atoms with Crippen LogP contribution in [0.1, 0.15) is 59.9 Å². The molecule has 230 valence electrons. The van der Waals surface area contributed by atoms with Crippen molar-refractivity contribution >= 4 is 31.8 Å².